The van der Waals surface area contributed by atoms with Gasteiger partial charge in [-0.25, -0.2) is 15.0 Å². The van der Waals surface area contributed by atoms with Crippen LogP contribution in [0.5, 0.6) is 0 Å². The van der Waals surface area contributed by atoms with Gasteiger partial charge in [-0.3, -0.25) is 0 Å². The van der Waals surface area contributed by atoms with Gasteiger partial charge in [-0.2, -0.15) is 0 Å². The first-order valence-corrected chi connectivity index (χ1v) is 19.9. The summed E-state index contributed by atoms with van der Waals surface area (Å²) in [5.74, 6) is 1.94. The monoisotopic (exact) mass is 742 g/mol. The zero-order valence-corrected chi connectivity index (χ0v) is 32.3. The van der Waals surface area contributed by atoms with Gasteiger partial charge in [-0.15, -0.1) is 0 Å². The first kappa shape index (κ1) is 33.9. The van der Waals surface area contributed by atoms with Crippen LogP contribution in [-0.2, 0) is 5.41 Å². The predicted octanol–water partition coefficient (Wildman–Crippen LogP) is 13.6. The van der Waals surface area contributed by atoms with Crippen LogP contribution in [0.4, 0.5) is 0 Å². The fourth-order valence-corrected chi connectivity index (χ4v) is 8.89. The smallest absolute Gasteiger partial charge is 0.164 e. The molecule has 10 aromatic rings. The summed E-state index contributed by atoms with van der Waals surface area (Å²) in [6.07, 6.45) is 0. The van der Waals surface area contributed by atoms with Crippen molar-refractivity contribution in [1.29, 1.82) is 0 Å². The van der Waals surface area contributed by atoms with Crippen molar-refractivity contribution in [3.05, 3.63) is 205 Å². The lowest BCUT2D eigenvalue weighted by Crippen LogP contribution is -2.14. The van der Waals surface area contributed by atoms with E-state index in [9.17, 15) is 0 Å². The summed E-state index contributed by atoms with van der Waals surface area (Å²) in [7, 11) is 0. The van der Waals surface area contributed by atoms with Crippen molar-refractivity contribution in [3.8, 4) is 73.2 Å². The van der Waals surface area contributed by atoms with E-state index in [0.717, 1.165) is 33.4 Å². The lowest BCUT2D eigenvalue weighted by Gasteiger charge is -2.22. The number of aromatic nitrogens is 4. The Bertz CT molecular complexity index is 3120. The molecule has 4 heteroatoms. The third-order valence-electron chi connectivity index (χ3n) is 11.9. The van der Waals surface area contributed by atoms with Crippen LogP contribution >= 0.6 is 0 Å². The topological polar surface area (TPSA) is 43.6 Å². The van der Waals surface area contributed by atoms with Gasteiger partial charge in [-0.05, 0) is 93.0 Å². The molecule has 0 unspecified atom stereocenters. The van der Waals surface area contributed by atoms with E-state index in [2.05, 4.69) is 152 Å². The van der Waals surface area contributed by atoms with Crippen LogP contribution in [0.15, 0.2) is 194 Å². The molecule has 1 aliphatic carbocycles. The average Bonchev–Trinajstić information content (AvgIpc) is 3.74. The molecule has 1 aliphatic rings. The Balaban J connectivity index is 0.985. The molecule has 0 bridgehead atoms. The highest BCUT2D eigenvalue weighted by molar-refractivity contribution is 6.10. The lowest BCUT2D eigenvalue weighted by atomic mass is 9.81. The summed E-state index contributed by atoms with van der Waals surface area (Å²) >= 11 is 0. The van der Waals surface area contributed by atoms with E-state index in [0.29, 0.717) is 17.5 Å². The molecule has 0 saturated carbocycles. The van der Waals surface area contributed by atoms with E-state index in [-0.39, 0.29) is 5.41 Å². The molecular formula is C54H38N4. The van der Waals surface area contributed by atoms with Crippen molar-refractivity contribution in [2.45, 2.75) is 19.3 Å². The molecule has 0 N–H and O–H groups in total. The van der Waals surface area contributed by atoms with Crippen LogP contribution < -0.4 is 0 Å². The van der Waals surface area contributed by atoms with Crippen molar-refractivity contribution in [2.75, 3.05) is 0 Å². The second-order valence-electron chi connectivity index (χ2n) is 15.7. The largest absolute Gasteiger partial charge is 0.309 e. The van der Waals surface area contributed by atoms with Gasteiger partial charge in [0, 0.05) is 38.6 Å². The number of benzene rings is 8. The lowest BCUT2D eigenvalue weighted by molar-refractivity contribution is 0.660. The summed E-state index contributed by atoms with van der Waals surface area (Å²) in [5.41, 5.74) is 16.5. The minimum absolute atomic E-state index is 0.0439. The Hall–Kier alpha value is -7.43. The molecule has 0 atom stereocenters. The van der Waals surface area contributed by atoms with Crippen LogP contribution in [0.25, 0.3) is 95.0 Å². The van der Waals surface area contributed by atoms with Crippen molar-refractivity contribution in [2.24, 2.45) is 0 Å². The minimum atomic E-state index is -0.0439. The number of nitrogens with zero attached hydrogens (tertiary/aromatic N) is 4. The number of hydrogen-bond donors (Lipinski definition) is 0. The third-order valence-corrected chi connectivity index (χ3v) is 11.9. The first-order valence-electron chi connectivity index (χ1n) is 19.9. The van der Waals surface area contributed by atoms with Gasteiger partial charge in [0.25, 0.3) is 0 Å². The van der Waals surface area contributed by atoms with E-state index in [1.807, 2.05) is 60.7 Å². The summed E-state index contributed by atoms with van der Waals surface area (Å²) in [6.45, 7) is 4.69. The molecule has 58 heavy (non-hydrogen) atoms. The maximum atomic E-state index is 4.97. The molecular weight excluding hydrogens is 705 g/mol. The molecule has 4 nitrogen and oxygen atoms in total. The summed E-state index contributed by atoms with van der Waals surface area (Å²) in [6, 6.07) is 69.2. The van der Waals surface area contributed by atoms with Gasteiger partial charge >= 0.3 is 0 Å². The minimum Gasteiger partial charge on any atom is -0.309 e. The number of para-hydroxylation sites is 1. The molecule has 0 fully saturated rings. The van der Waals surface area contributed by atoms with Crippen molar-refractivity contribution >= 4 is 21.8 Å². The zero-order chi connectivity index (χ0) is 38.8. The molecule has 11 rings (SSSR count). The van der Waals surface area contributed by atoms with Gasteiger partial charge in [0.15, 0.2) is 17.5 Å². The van der Waals surface area contributed by atoms with Crippen LogP contribution in [-0.4, -0.2) is 19.5 Å². The van der Waals surface area contributed by atoms with Crippen molar-refractivity contribution in [1.82, 2.24) is 19.5 Å². The highest BCUT2D eigenvalue weighted by Crippen LogP contribution is 2.49. The number of fused-ring (bicyclic) bond motifs is 6. The summed E-state index contributed by atoms with van der Waals surface area (Å²) in [4.78, 5) is 14.8. The van der Waals surface area contributed by atoms with E-state index in [1.165, 1.54) is 55.3 Å². The zero-order valence-electron chi connectivity index (χ0n) is 32.3. The molecule has 2 aromatic heterocycles. The second-order valence-corrected chi connectivity index (χ2v) is 15.7. The highest BCUT2D eigenvalue weighted by Gasteiger charge is 2.35. The maximum Gasteiger partial charge on any atom is 0.164 e. The van der Waals surface area contributed by atoms with Gasteiger partial charge < -0.3 is 4.57 Å². The van der Waals surface area contributed by atoms with Crippen LogP contribution in [0.1, 0.15) is 25.0 Å². The molecule has 0 radical (unpaired) electrons. The first-order chi connectivity index (χ1) is 28.5. The van der Waals surface area contributed by atoms with Crippen LogP contribution in [0.2, 0.25) is 0 Å². The van der Waals surface area contributed by atoms with E-state index in [1.54, 1.807) is 0 Å². The summed E-state index contributed by atoms with van der Waals surface area (Å²) < 4.78 is 2.38. The van der Waals surface area contributed by atoms with Gasteiger partial charge in [0.1, 0.15) is 0 Å². The standard InChI is InChI=1S/C54H38N4/c1-54(2)47-22-11-9-20-43(47)44-30-26-40(33-48(44)54)38-18-13-19-39(32-38)41-27-31-46-45-21-10-12-23-49(45)58(50(46)34-41)42-28-24-37(25-29-42)53-56-51(35-14-5-3-6-15-35)55-52(57-53)36-16-7-4-8-17-36/h3-34H,1-2H3. The van der Waals surface area contributed by atoms with Gasteiger partial charge in [-0.1, -0.05) is 159 Å². The number of rotatable bonds is 6. The van der Waals surface area contributed by atoms with Crippen LogP contribution in [0.3, 0.4) is 0 Å². The molecule has 0 aliphatic heterocycles. The fraction of sp³-hybridized carbons (Fsp3) is 0.0556. The Morgan fingerprint density at radius 1 is 0.345 bits per heavy atom. The molecule has 0 amide bonds. The Morgan fingerprint density at radius 3 is 1.52 bits per heavy atom. The average molecular weight is 743 g/mol. The highest BCUT2D eigenvalue weighted by atomic mass is 15.0. The Morgan fingerprint density at radius 2 is 0.828 bits per heavy atom. The molecule has 0 saturated heterocycles. The van der Waals surface area contributed by atoms with E-state index >= 15 is 0 Å². The SMILES string of the molecule is CC1(C)c2ccccc2-c2ccc(-c3cccc(-c4ccc5c6ccccc6n(-c6ccc(-c7nc(-c8ccccc8)nc(-c8ccccc8)n7)cc6)c5c4)c3)cc21. The molecule has 2 heterocycles. The summed E-state index contributed by atoms with van der Waals surface area (Å²) in [5, 5.41) is 2.44. The van der Waals surface area contributed by atoms with Crippen molar-refractivity contribution in [3.63, 3.8) is 0 Å². The number of hydrogen-bond acceptors (Lipinski definition) is 3. The molecule has 8 aromatic carbocycles. The Labute approximate surface area is 337 Å². The third kappa shape index (κ3) is 5.56. The quantitative estimate of drug-likeness (QED) is 0.170. The van der Waals surface area contributed by atoms with Crippen molar-refractivity contribution < 1.29 is 0 Å². The predicted molar refractivity (Wildman–Crippen MR) is 239 cm³/mol. The molecule has 274 valence electrons. The second kappa shape index (κ2) is 13.4. The van der Waals surface area contributed by atoms with Crippen LogP contribution in [0, 0.1) is 0 Å². The fourth-order valence-electron chi connectivity index (χ4n) is 8.89. The molecule has 0 spiro atoms. The van der Waals surface area contributed by atoms with Gasteiger partial charge in [0.05, 0.1) is 11.0 Å². The maximum absolute atomic E-state index is 4.97. The van der Waals surface area contributed by atoms with E-state index < -0.39 is 0 Å². The normalized spacial score (nSPS) is 12.8. The van der Waals surface area contributed by atoms with Gasteiger partial charge in [0.2, 0.25) is 0 Å². The van der Waals surface area contributed by atoms with E-state index in [4.69, 9.17) is 15.0 Å². The Kier molecular flexibility index (Phi) is 7.80.